The minimum atomic E-state index is -0.00432. The van der Waals surface area contributed by atoms with Crippen LogP contribution in [0.5, 0.6) is 0 Å². The summed E-state index contributed by atoms with van der Waals surface area (Å²) in [5.41, 5.74) is 0.988. The van der Waals surface area contributed by atoms with E-state index in [1.807, 2.05) is 0 Å². The number of hydrogen-bond acceptors (Lipinski definition) is 3. The van der Waals surface area contributed by atoms with Gasteiger partial charge in [0.25, 0.3) is 0 Å². The van der Waals surface area contributed by atoms with Gasteiger partial charge in [-0.25, -0.2) is 0 Å². The Kier molecular flexibility index (Phi) is 5.38. The van der Waals surface area contributed by atoms with Crippen molar-refractivity contribution in [2.45, 2.75) is 112 Å². The molecule has 0 spiro atoms. The third-order valence-electron chi connectivity index (χ3n) is 14.0. The fourth-order valence-electron chi connectivity index (χ4n) is 11.3. The third-order valence-corrected chi connectivity index (χ3v) is 14.0. The predicted molar refractivity (Wildman–Crippen MR) is 133 cm³/mol. The van der Waals surface area contributed by atoms with E-state index in [4.69, 9.17) is 0 Å². The fourth-order valence-corrected chi connectivity index (χ4v) is 11.3. The maximum absolute atomic E-state index is 12.7. The Bertz CT molecular complexity index is 823. The Morgan fingerprint density at radius 2 is 1.36 bits per heavy atom. The summed E-state index contributed by atoms with van der Waals surface area (Å²) in [5.74, 6) is 2.53. The van der Waals surface area contributed by atoms with Crippen molar-refractivity contribution in [3.63, 3.8) is 0 Å². The summed E-state index contributed by atoms with van der Waals surface area (Å²) >= 11 is 0. The Hall–Kier alpha value is -0.410. The maximum atomic E-state index is 12.7. The van der Waals surface area contributed by atoms with Crippen LogP contribution < -0.4 is 0 Å². The number of hydrogen-bond donors (Lipinski definition) is 2. The zero-order valence-electron chi connectivity index (χ0n) is 22.3. The quantitative estimate of drug-likeness (QED) is 0.503. The van der Waals surface area contributed by atoms with Crippen LogP contribution in [0.3, 0.4) is 0 Å². The zero-order valence-corrected chi connectivity index (χ0v) is 22.3. The molecule has 5 fully saturated rings. The molecule has 0 amide bonds. The van der Waals surface area contributed by atoms with E-state index in [0.717, 1.165) is 38.5 Å². The maximum Gasteiger partial charge on any atom is 0.136 e. The van der Waals surface area contributed by atoms with E-state index < -0.39 is 0 Å². The Labute approximate surface area is 202 Å². The first kappa shape index (κ1) is 24.3. The Balaban J connectivity index is 1.55. The molecule has 33 heavy (non-hydrogen) atoms. The van der Waals surface area contributed by atoms with Gasteiger partial charge in [-0.05, 0) is 114 Å². The molecule has 0 heterocycles. The van der Waals surface area contributed by atoms with E-state index in [-0.39, 0.29) is 39.6 Å². The average Bonchev–Trinajstić information content (AvgIpc) is 2.79. The van der Waals surface area contributed by atoms with Crippen LogP contribution in [0.2, 0.25) is 0 Å². The van der Waals surface area contributed by atoms with Crippen LogP contribution in [0, 0.1) is 56.2 Å². The summed E-state index contributed by atoms with van der Waals surface area (Å²) < 4.78 is 0. The first-order valence-corrected chi connectivity index (χ1v) is 14.1. The van der Waals surface area contributed by atoms with Crippen molar-refractivity contribution in [1.82, 2.24) is 0 Å². The highest BCUT2D eigenvalue weighted by molar-refractivity contribution is 5.82. The second kappa shape index (κ2) is 7.31. The van der Waals surface area contributed by atoms with E-state index in [0.29, 0.717) is 35.6 Å². The Morgan fingerprint density at radius 1 is 0.727 bits per heavy atom. The average molecular weight is 459 g/mol. The van der Waals surface area contributed by atoms with E-state index >= 15 is 0 Å². The molecule has 10 atom stereocenters. The number of carbonyl (C=O) groups excluding carboxylic acids is 1. The van der Waals surface area contributed by atoms with E-state index in [1.54, 1.807) is 0 Å². The number of carbonyl (C=O) groups is 1. The lowest BCUT2D eigenvalue weighted by molar-refractivity contribution is -0.264. The lowest BCUT2D eigenvalue weighted by Gasteiger charge is -2.75. The van der Waals surface area contributed by atoms with Crippen molar-refractivity contribution in [2.75, 3.05) is 13.2 Å². The summed E-state index contributed by atoms with van der Waals surface area (Å²) in [5, 5.41) is 21.0. The largest absolute Gasteiger partial charge is 0.396 e. The molecular weight excluding hydrogens is 408 g/mol. The summed E-state index contributed by atoms with van der Waals surface area (Å²) in [7, 11) is 0. The minimum absolute atomic E-state index is 0.00432. The van der Waals surface area contributed by atoms with Gasteiger partial charge in [0.1, 0.15) is 5.78 Å². The molecule has 2 N–H and O–H groups in total. The molecule has 5 aliphatic rings. The monoisotopic (exact) mass is 458 g/mol. The molecular formula is C30H50O3. The van der Waals surface area contributed by atoms with Gasteiger partial charge in [0.15, 0.2) is 0 Å². The second-order valence-corrected chi connectivity index (χ2v) is 15.0. The smallest absolute Gasteiger partial charge is 0.136 e. The lowest BCUT2D eigenvalue weighted by atomic mass is 9.30. The highest BCUT2D eigenvalue weighted by Crippen LogP contribution is 2.78. The van der Waals surface area contributed by atoms with Crippen LogP contribution in [0.4, 0.5) is 0 Å². The summed E-state index contributed by atoms with van der Waals surface area (Å²) in [6, 6.07) is 0. The molecule has 5 saturated carbocycles. The van der Waals surface area contributed by atoms with Crippen LogP contribution >= 0.6 is 0 Å². The van der Waals surface area contributed by atoms with Gasteiger partial charge in [-0.15, -0.1) is 0 Å². The second-order valence-electron chi connectivity index (χ2n) is 15.0. The van der Waals surface area contributed by atoms with Gasteiger partial charge < -0.3 is 10.2 Å². The molecule has 188 valence electrons. The zero-order chi connectivity index (χ0) is 24.1. The van der Waals surface area contributed by atoms with Crippen LogP contribution in [0.15, 0.2) is 0 Å². The highest BCUT2D eigenvalue weighted by Gasteiger charge is 2.71. The lowest BCUT2D eigenvalue weighted by Crippen LogP contribution is -2.68. The first-order chi connectivity index (χ1) is 15.3. The van der Waals surface area contributed by atoms with Crippen molar-refractivity contribution in [1.29, 1.82) is 0 Å². The van der Waals surface area contributed by atoms with Crippen molar-refractivity contribution in [2.24, 2.45) is 56.2 Å². The molecule has 0 aromatic rings. The van der Waals surface area contributed by atoms with E-state index in [1.165, 1.54) is 32.1 Å². The highest BCUT2D eigenvalue weighted by atomic mass is 16.3. The van der Waals surface area contributed by atoms with Crippen LogP contribution in [0.25, 0.3) is 0 Å². The first-order valence-electron chi connectivity index (χ1n) is 14.1. The van der Waals surface area contributed by atoms with Gasteiger partial charge in [-0.1, -0.05) is 41.5 Å². The summed E-state index contributed by atoms with van der Waals surface area (Å²) in [6.07, 6.45) is 12.4. The summed E-state index contributed by atoms with van der Waals surface area (Å²) in [4.78, 5) is 12.7. The topological polar surface area (TPSA) is 57.5 Å². The van der Waals surface area contributed by atoms with Crippen LogP contribution in [0.1, 0.15) is 112 Å². The van der Waals surface area contributed by atoms with Gasteiger partial charge in [-0.3, -0.25) is 4.79 Å². The number of ketones is 1. The molecule has 0 aromatic carbocycles. The normalized spacial score (nSPS) is 58.6. The molecule has 5 rings (SSSR count). The van der Waals surface area contributed by atoms with Crippen molar-refractivity contribution in [3.8, 4) is 0 Å². The Morgan fingerprint density at radius 3 is 2.03 bits per heavy atom. The number of aliphatic hydroxyl groups is 2. The standard InChI is InChI=1S/C30H50O3/c1-20-21(33)7-8-22-26(20,3)10-9-23-27(22,4)12-13-29(6)24-17-25(2,18-31)11-15-30(24,19-32)16-14-28(23,29)5/h20,22-24,31-32H,7-19H2,1-6H3/t20-,22?,23?,24?,25-,26+,27-,28+,29-,30+/m0/s1. The van der Waals surface area contributed by atoms with Crippen LogP contribution in [-0.4, -0.2) is 29.2 Å². The van der Waals surface area contributed by atoms with Crippen molar-refractivity contribution in [3.05, 3.63) is 0 Å². The molecule has 5 aliphatic carbocycles. The molecule has 0 aromatic heterocycles. The number of rotatable bonds is 2. The molecule has 3 unspecified atom stereocenters. The number of aliphatic hydroxyl groups excluding tert-OH is 2. The van der Waals surface area contributed by atoms with Gasteiger partial charge in [0, 0.05) is 25.6 Å². The fraction of sp³-hybridized carbons (Fsp3) is 0.967. The van der Waals surface area contributed by atoms with Crippen molar-refractivity contribution >= 4 is 5.78 Å². The van der Waals surface area contributed by atoms with Crippen molar-refractivity contribution < 1.29 is 15.0 Å². The van der Waals surface area contributed by atoms with Gasteiger partial charge in [0.2, 0.25) is 0 Å². The number of fused-ring (bicyclic) bond motifs is 7. The third kappa shape index (κ3) is 2.90. The number of Topliss-reactive ketones (excluding diaryl/α,β-unsaturated/α-hetero) is 1. The summed E-state index contributed by atoms with van der Waals surface area (Å²) in [6.45, 7) is 15.4. The van der Waals surface area contributed by atoms with E-state index in [9.17, 15) is 15.0 Å². The molecule has 3 nitrogen and oxygen atoms in total. The minimum Gasteiger partial charge on any atom is -0.396 e. The van der Waals surface area contributed by atoms with Gasteiger partial charge >= 0.3 is 0 Å². The molecule has 3 heteroatoms. The molecule has 0 aliphatic heterocycles. The van der Waals surface area contributed by atoms with Crippen LogP contribution in [-0.2, 0) is 4.79 Å². The molecule has 0 radical (unpaired) electrons. The molecule has 0 saturated heterocycles. The predicted octanol–water partition coefficient (Wildman–Crippen LogP) is 6.40. The van der Waals surface area contributed by atoms with Gasteiger partial charge in [0.05, 0.1) is 0 Å². The van der Waals surface area contributed by atoms with E-state index in [2.05, 4.69) is 41.5 Å². The van der Waals surface area contributed by atoms with Gasteiger partial charge in [-0.2, -0.15) is 0 Å². The SMILES string of the molecule is C[C@H]1C(=O)CCC2[C@]3(C)CC[C@@]4(C)C5C[C@@](C)(CO)CC[C@]5(CO)CC[C@]4(C)C3CC[C@@]21C. The molecule has 0 bridgehead atoms.